The lowest BCUT2D eigenvalue weighted by molar-refractivity contribution is -0.133. The van der Waals surface area contributed by atoms with Crippen molar-refractivity contribution in [3.8, 4) is 0 Å². The number of rotatable bonds is 6. The molecule has 0 bridgehead atoms. The van der Waals surface area contributed by atoms with E-state index in [9.17, 15) is 9.59 Å². The Kier molecular flexibility index (Phi) is 7.01. The second kappa shape index (κ2) is 9.67. The lowest BCUT2D eigenvalue weighted by atomic mass is 10.0. The van der Waals surface area contributed by atoms with Crippen LogP contribution in [-0.2, 0) is 20.8 Å². The molecule has 3 unspecified atom stereocenters. The van der Waals surface area contributed by atoms with Crippen molar-refractivity contribution in [2.24, 2.45) is 0 Å². The molecule has 6 heteroatoms. The summed E-state index contributed by atoms with van der Waals surface area (Å²) in [6.07, 6.45) is 0.0103. The van der Waals surface area contributed by atoms with Gasteiger partial charge in [0.05, 0.1) is 30.9 Å². The molecule has 0 saturated carbocycles. The van der Waals surface area contributed by atoms with Crippen molar-refractivity contribution in [2.45, 2.75) is 38.6 Å². The predicted molar refractivity (Wildman–Crippen MR) is 110 cm³/mol. The van der Waals surface area contributed by atoms with Crippen LogP contribution in [0.5, 0.6) is 0 Å². The minimum absolute atomic E-state index is 0.0250. The maximum absolute atomic E-state index is 12.7. The molecule has 154 valence electrons. The Labute approximate surface area is 171 Å². The zero-order valence-electron chi connectivity index (χ0n) is 17.1. The van der Waals surface area contributed by atoms with E-state index in [-0.39, 0.29) is 30.1 Å². The third kappa shape index (κ3) is 5.43. The van der Waals surface area contributed by atoms with E-state index in [2.05, 4.69) is 22.3 Å². The van der Waals surface area contributed by atoms with Crippen LogP contribution < -0.4 is 5.32 Å². The Morgan fingerprint density at radius 3 is 2.48 bits per heavy atom. The van der Waals surface area contributed by atoms with Gasteiger partial charge in [-0.2, -0.15) is 0 Å². The summed E-state index contributed by atoms with van der Waals surface area (Å²) in [5, 5.41) is 2.99. The maximum Gasteiger partial charge on any atom is 0.337 e. The number of hydrogen-bond acceptors (Lipinski definition) is 5. The molecule has 0 spiro atoms. The van der Waals surface area contributed by atoms with Crippen LogP contribution in [0, 0.1) is 0 Å². The van der Waals surface area contributed by atoms with Gasteiger partial charge in [0.2, 0.25) is 5.91 Å². The molecule has 3 atom stereocenters. The molecule has 3 rings (SSSR count). The van der Waals surface area contributed by atoms with Crippen molar-refractivity contribution in [1.29, 1.82) is 0 Å². The van der Waals surface area contributed by atoms with Crippen LogP contribution in [0.3, 0.4) is 0 Å². The molecule has 0 aromatic heterocycles. The van der Waals surface area contributed by atoms with Crippen LogP contribution in [-0.4, -0.2) is 49.1 Å². The largest absolute Gasteiger partial charge is 0.465 e. The summed E-state index contributed by atoms with van der Waals surface area (Å²) in [6.45, 7) is 5.76. The van der Waals surface area contributed by atoms with Crippen LogP contribution in [0.15, 0.2) is 54.6 Å². The van der Waals surface area contributed by atoms with Crippen molar-refractivity contribution in [3.63, 3.8) is 0 Å². The molecular formula is C23H28N2O4. The number of esters is 1. The van der Waals surface area contributed by atoms with Gasteiger partial charge in [0.25, 0.3) is 0 Å². The standard InChI is InChI=1S/C23H28N2O4/c1-16-14-25(15-21(29-16)19-7-5-4-6-8-19)17(2)22(26)24-13-18-9-11-20(12-10-18)23(27)28-3/h4-12,16-17,21H,13-15H2,1-3H3,(H,24,26). The zero-order chi connectivity index (χ0) is 20.8. The van der Waals surface area contributed by atoms with Crippen LogP contribution in [0.1, 0.15) is 41.4 Å². The van der Waals surface area contributed by atoms with Gasteiger partial charge in [0.15, 0.2) is 0 Å². The Bertz CT molecular complexity index is 823. The first-order chi connectivity index (χ1) is 14.0. The van der Waals surface area contributed by atoms with Crippen molar-refractivity contribution < 1.29 is 19.1 Å². The summed E-state index contributed by atoms with van der Waals surface area (Å²) in [6, 6.07) is 16.9. The first-order valence-electron chi connectivity index (χ1n) is 9.87. The molecule has 2 aromatic carbocycles. The topological polar surface area (TPSA) is 67.9 Å². The fourth-order valence-electron chi connectivity index (χ4n) is 3.53. The average molecular weight is 396 g/mol. The molecule has 29 heavy (non-hydrogen) atoms. The highest BCUT2D eigenvalue weighted by atomic mass is 16.5. The first kappa shape index (κ1) is 21.0. The molecule has 0 radical (unpaired) electrons. The van der Waals surface area contributed by atoms with Gasteiger partial charge in [-0.15, -0.1) is 0 Å². The maximum atomic E-state index is 12.7. The lowest BCUT2D eigenvalue weighted by Gasteiger charge is -2.39. The number of morpholine rings is 1. The summed E-state index contributed by atoms with van der Waals surface area (Å²) in [5.41, 5.74) is 2.54. The van der Waals surface area contributed by atoms with E-state index in [0.717, 1.165) is 11.1 Å². The number of carbonyl (C=O) groups excluding carboxylic acids is 2. The van der Waals surface area contributed by atoms with Crippen LogP contribution in [0.25, 0.3) is 0 Å². The number of nitrogens with one attached hydrogen (secondary N) is 1. The van der Waals surface area contributed by atoms with E-state index in [1.165, 1.54) is 7.11 Å². The van der Waals surface area contributed by atoms with E-state index in [1.807, 2.05) is 44.2 Å². The van der Waals surface area contributed by atoms with Crippen LogP contribution >= 0.6 is 0 Å². The van der Waals surface area contributed by atoms with Gasteiger partial charge in [0, 0.05) is 19.6 Å². The Hall–Kier alpha value is -2.70. The minimum Gasteiger partial charge on any atom is -0.465 e. The number of hydrogen-bond donors (Lipinski definition) is 1. The van der Waals surface area contributed by atoms with Gasteiger partial charge >= 0.3 is 5.97 Å². The number of carbonyl (C=O) groups is 2. The summed E-state index contributed by atoms with van der Waals surface area (Å²) in [5.74, 6) is -0.397. The summed E-state index contributed by atoms with van der Waals surface area (Å²) >= 11 is 0. The van der Waals surface area contributed by atoms with Gasteiger partial charge in [-0.25, -0.2) is 4.79 Å². The van der Waals surface area contributed by atoms with E-state index in [1.54, 1.807) is 12.1 Å². The number of nitrogens with zero attached hydrogens (tertiary/aromatic N) is 1. The number of methoxy groups -OCH3 is 1. The van der Waals surface area contributed by atoms with E-state index in [0.29, 0.717) is 25.2 Å². The van der Waals surface area contributed by atoms with Gasteiger partial charge < -0.3 is 14.8 Å². The highest BCUT2D eigenvalue weighted by Gasteiger charge is 2.31. The van der Waals surface area contributed by atoms with Crippen LogP contribution in [0.2, 0.25) is 0 Å². The number of ether oxygens (including phenoxy) is 2. The Balaban J connectivity index is 1.57. The molecule has 2 aromatic rings. The fraction of sp³-hybridized carbons (Fsp3) is 0.391. The smallest absolute Gasteiger partial charge is 0.337 e. The molecule has 1 amide bonds. The highest BCUT2D eigenvalue weighted by molar-refractivity contribution is 5.89. The third-order valence-electron chi connectivity index (χ3n) is 5.23. The van der Waals surface area contributed by atoms with Gasteiger partial charge in [-0.05, 0) is 37.1 Å². The average Bonchev–Trinajstić information content (AvgIpc) is 2.77. The van der Waals surface area contributed by atoms with Gasteiger partial charge in [-0.3, -0.25) is 9.69 Å². The monoisotopic (exact) mass is 396 g/mol. The molecule has 1 aliphatic rings. The molecule has 1 saturated heterocycles. The molecule has 0 aliphatic carbocycles. The van der Waals surface area contributed by atoms with E-state index >= 15 is 0 Å². The summed E-state index contributed by atoms with van der Waals surface area (Å²) < 4.78 is 10.8. The second-order valence-corrected chi connectivity index (χ2v) is 7.38. The normalized spacial score (nSPS) is 20.7. The van der Waals surface area contributed by atoms with Crippen molar-refractivity contribution in [2.75, 3.05) is 20.2 Å². The molecule has 1 N–H and O–H groups in total. The van der Waals surface area contributed by atoms with Gasteiger partial charge in [-0.1, -0.05) is 42.5 Å². The molecule has 1 heterocycles. The first-order valence-corrected chi connectivity index (χ1v) is 9.87. The predicted octanol–water partition coefficient (Wildman–Crippen LogP) is 2.94. The molecule has 1 aliphatic heterocycles. The highest BCUT2D eigenvalue weighted by Crippen LogP contribution is 2.26. The third-order valence-corrected chi connectivity index (χ3v) is 5.23. The van der Waals surface area contributed by atoms with Crippen LogP contribution in [0.4, 0.5) is 0 Å². The summed E-state index contributed by atoms with van der Waals surface area (Å²) in [7, 11) is 1.35. The lowest BCUT2D eigenvalue weighted by Crippen LogP contribution is -2.52. The van der Waals surface area contributed by atoms with E-state index in [4.69, 9.17) is 9.47 Å². The Morgan fingerprint density at radius 1 is 1.14 bits per heavy atom. The quantitative estimate of drug-likeness (QED) is 0.761. The molecule has 6 nitrogen and oxygen atoms in total. The Morgan fingerprint density at radius 2 is 1.83 bits per heavy atom. The summed E-state index contributed by atoms with van der Waals surface area (Å²) in [4.78, 5) is 26.4. The molecular weight excluding hydrogens is 368 g/mol. The zero-order valence-corrected chi connectivity index (χ0v) is 17.1. The molecule has 1 fully saturated rings. The van der Waals surface area contributed by atoms with Crippen molar-refractivity contribution >= 4 is 11.9 Å². The van der Waals surface area contributed by atoms with E-state index < -0.39 is 0 Å². The number of amides is 1. The van der Waals surface area contributed by atoms with Gasteiger partial charge in [0.1, 0.15) is 0 Å². The van der Waals surface area contributed by atoms with Crippen molar-refractivity contribution in [1.82, 2.24) is 10.2 Å². The second-order valence-electron chi connectivity index (χ2n) is 7.38. The fourth-order valence-corrected chi connectivity index (χ4v) is 3.53. The number of benzene rings is 2. The minimum atomic E-state index is -0.372. The SMILES string of the molecule is COC(=O)c1ccc(CNC(=O)C(C)N2CC(C)OC(c3ccccc3)C2)cc1. The van der Waals surface area contributed by atoms with Crippen molar-refractivity contribution in [3.05, 3.63) is 71.3 Å².